The molecule has 3 rings (SSSR count). The maximum Gasteiger partial charge on any atom is 0.208 e. The Bertz CT molecular complexity index is 774. The van der Waals surface area contributed by atoms with Gasteiger partial charge in [0.2, 0.25) is 11.7 Å². The van der Waals surface area contributed by atoms with E-state index in [1.807, 2.05) is 11.4 Å². The van der Waals surface area contributed by atoms with Crippen LogP contribution in [-0.4, -0.2) is 15.5 Å². The number of ketones is 1. The number of carbonyl (C=O) groups excluding carboxylic acids is 1. The quantitative estimate of drug-likeness (QED) is 0.729. The second-order valence-corrected chi connectivity index (χ2v) is 5.61. The van der Waals surface area contributed by atoms with Crippen molar-refractivity contribution in [2.45, 2.75) is 0 Å². The lowest BCUT2D eigenvalue weighted by molar-refractivity contribution is 0.104. The number of benzene rings is 1. The van der Waals surface area contributed by atoms with E-state index >= 15 is 0 Å². The fourth-order valence-corrected chi connectivity index (χ4v) is 3.00. The molecular weight excluding hydrogens is 282 g/mol. The summed E-state index contributed by atoms with van der Waals surface area (Å²) >= 11 is 7.34. The Morgan fingerprint density at radius 3 is 2.84 bits per heavy atom. The van der Waals surface area contributed by atoms with Crippen LogP contribution in [0.3, 0.4) is 0 Å². The number of carbonyl (C=O) groups is 1. The molecule has 5 heteroatoms. The summed E-state index contributed by atoms with van der Waals surface area (Å²) in [6.45, 7) is 0. The number of hydrogen-bond acceptors (Lipinski definition) is 3. The number of thiophene rings is 1. The topological polar surface area (TPSA) is 42.2 Å². The smallest absolute Gasteiger partial charge is 0.208 e. The number of halogens is 1. The highest BCUT2D eigenvalue weighted by atomic mass is 35.5. The van der Waals surface area contributed by atoms with E-state index in [9.17, 15) is 9.90 Å². The van der Waals surface area contributed by atoms with Crippen molar-refractivity contribution in [3.8, 4) is 5.88 Å². The lowest BCUT2D eigenvalue weighted by Crippen LogP contribution is -1.98. The van der Waals surface area contributed by atoms with E-state index in [0.717, 1.165) is 5.52 Å². The van der Waals surface area contributed by atoms with Crippen molar-refractivity contribution < 1.29 is 9.90 Å². The second-order valence-electron chi connectivity index (χ2n) is 4.23. The van der Waals surface area contributed by atoms with Gasteiger partial charge in [0, 0.05) is 17.5 Å². The minimum Gasteiger partial charge on any atom is -0.494 e. The highest BCUT2D eigenvalue weighted by Gasteiger charge is 2.22. The Morgan fingerprint density at radius 1 is 1.37 bits per heavy atom. The maximum atomic E-state index is 12.5. The van der Waals surface area contributed by atoms with Gasteiger partial charge in [0.1, 0.15) is 0 Å². The van der Waals surface area contributed by atoms with Gasteiger partial charge in [0.25, 0.3) is 0 Å². The molecular formula is C14H10ClNO2S. The van der Waals surface area contributed by atoms with Gasteiger partial charge < -0.3 is 9.67 Å². The first-order chi connectivity index (χ1) is 9.09. The normalized spacial score (nSPS) is 11.1. The molecule has 0 atom stereocenters. The minimum atomic E-state index is -0.180. The lowest BCUT2D eigenvalue weighted by atomic mass is 10.1. The Balaban J connectivity index is 2.31. The van der Waals surface area contributed by atoms with Gasteiger partial charge in [0.05, 0.1) is 16.0 Å². The molecule has 0 aliphatic carbocycles. The fraction of sp³-hybridized carbons (Fsp3) is 0.0714. The zero-order valence-electron chi connectivity index (χ0n) is 10.1. The van der Waals surface area contributed by atoms with Gasteiger partial charge >= 0.3 is 0 Å². The van der Waals surface area contributed by atoms with E-state index < -0.39 is 0 Å². The van der Waals surface area contributed by atoms with Crippen molar-refractivity contribution in [3.05, 3.63) is 51.2 Å². The Labute approximate surface area is 118 Å². The van der Waals surface area contributed by atoms with Gasteiger partial charge in [-0.15, -0.1) is 11.3 Å². The molecule has 0 radical (unpaired) electrons. The van der Waals surface area contributed by atoms with Crippen LogP contribution >= 0.6 is 22.9 Å². The molecule has 0 amide bonds. The van der Waals surface area contributed by atoms with E-state index in [4.69, 9.17) is 11.6 Å². The number of fused-ring (bicyclic) bond motifs is 1. The van der Waals surface area contributed by atoms with E-state index in [1.54, 1.807) is 35.9 Å². The number of aromatic nitrogens is 1. The minimum absolute atomic E-state index is 0.0318. The summed E-state index contributed by atoms with van der Waals surface area (Å²) in [5, 5.41) is 13.2. The van der Waals surface area contributed by atoms with Gasteiger partial charge in [-0.05, 0) is 29.6 Å². The van der Waals surface area contributed by atoms with E-state index in [1.165, 1.54) is 11.3 Å². The van der Waals surface area contributed by atoms with E-state index in [2.05, 4.69) is 0 Å². The first-order valence-electron chi connectivity index (χ1n) is 5.64. The van der Waals surface area contributed by atoms with Gasteiger partial charge in [-0.25, -0.2) is 0 Å². The summed E-state index contributed by atoms with van der Waals surface area (Å²) in [5.41, 5.74) is 1.09. The summed E-state index contributed by atoms with van der Waals surface area (Å²) in [4.78, 5) is 13.1. The molecule has 1 N–H and O–H groups in total. The third-order valence-electron chi connectivity index (χ3n) is 3.10. The fourth-order valence-electron chi connectivity index (χ4n) is 2.16. The van der Waals surface area contributed by atoms with Crippen LogP contribution in [0.25, 0.3) is 10.9 Å². The van der Waals surface area contributed by atoms with Crippen LogP contribution in [0.1, 0.15) is 15.2 Å². The van der Waals surface area contributed by atoms with Crippen LogP contribution < -0.4 is 0 Å². The predicted molar refractivity (Wildman–Crippen MR) is 77.3 cm³/mol. The molecule has 3 nitrogen and oxygen atoms in total. The van der Waals surface area contributed by atoms with Crippen molar-refractivity contribution in [1.29, 1.82) is 0 Å². The summed E-state index contributed by atoms with van der Waals surface area (Å²) in [6, 6.07) is 8.80. The monoisotopic (exact) mass is 291 g/mol. The first kappa shape index (κ1) is 12.3. The van der Waals surface area contributed by atoms with Crippen molar-refractivity contribution >= 4 is 39.6 Å². The van der Waals surface area contributed by atoms with Gasteiger partial charge in [0.15, 0.2) is 0 Å². The molecule has 0 unspecified atom stereocenters. The highest BCUT2D eigenvalue weighted by molar-refractivity contribution is 7.12. The molecule has 0 spiro atoms. The molecule has 0 saturated heterocycles. The molecule has 0 aliphatic rings. The van der Waals surface area contributed by atoms with Crippen LogP contribution in [0.4, 0.5) is 0 Å². The Hall–Kier alpha value is -1.78. The molecule has 19 heavy (non-hydrogen) atoms. The molecule has 0 fully saturated rings. The summed E-state index contributed by atoms with van der Waals surface area (Å²) in [6.07, 6.45) is 0. The third kappa shape index (κ3) is 1.84. The van der Waals surface area contributed by atoms with Crippen molar-refractivity contribution in [1.82, 2.24) is 4.57 Å². The molecule has 3 aromatic rings. The van der Waals surface area contributed by atoms with Crippen molar-refractivity contribution in [3.63, 3.8) is 0 Å². The molecule has 2 aromatic heterocycles. The van der Waals surface area contributed by atoms with E-state index in [0.29, 0.717) is 20.8 Å². The Kier molecular flexibility index (Phi) is 2.84. The molecule has 0 saturated carbocycles. The van der Waals surface area contributed by atoms with Crippen LogP contribution in [0, 0.1) is 0 Å². The summed E-state index contributed by atoms with van der Waals surface area (Å²) in [5.74, 6) is -0.212. The van der Waals surface area contributed by atoms with Crippen LogP contribution in [0.2, 0.25) is 5.02 Å². The number of aromatic hydroxyl groups is 1. The standard InChI is InChI=1S/C14H10ClNO2S/c1-16-10-5-4-8(15)7-9(10)12(14(16)18)13(17)11-3-2-6-19-11/h2-7,18H,1H3. The average Bonchev–Trinajstić information content (AvgIpc) is 2.98. The largest absolute Gasteiger partial charge is 0.494 e. The second kappa shape index (κ2) is 4.40. The molecule has 1 aromatic carbocycles. The van der Waals surface area contributed by atoms with Gasteiger partial charge in [-0.3, -0.25) is 4.79 Å². The zero-order chi connectivity index (χ0) is 13.6. The zero-order valence-corrected chi connectivity index (χ0v) is 11.6. The van der Waals surface area contributed by atoms with Gasteiger partial charge in [-0.2, -0.15) is 0 Å². The van der Waals surface area contributed by atoms with Gasteiger partial charge in [-0.1, -0.05) is 17.7 Å². The molecule has 0 bridgehead atoms. The number of hydrogen-bond donors (Lipinski definition) is 1. The SMILES string of the molecule is Cn1c(O)c(C(=O)c2cccs2)c2cc(Cl)ccc21. The highest BCUT2D eigenvalue weighted by Crippen LogP contribution is 2.34. The number of nitrogens with zero attached hydrogens (tertiary/aromatic N) is 1. The Morgan fingerprint density at radius 2 is 2.16 bits per heavy atom. The molecule has 2 heterocycles. The van der Waals surface area contributed by atoms with Crippen molar-refractivity contribution in [2.24, 2.45) is 7.05 Å². The first-order valence-corrected chi connectivity index (χ1v) is 6.90. The van der Waals surface area contributed by atoms with Crippen LogP contribution in [0.15, 0.2) is 35.7 Å². The number of rotatable bonds is 2. The van der Waals surface area contributed by atoms with Crippen LogP contribution in [-0.2, 0) is 7.05 Å². The molecule has 0 aliphatic heterocycles. The van der Waals surface area contributed by atoms with Crippen molar-refractivity contribution in [2.75, 3.05) is 0 Å². The predicted octanol–water partition coefficient (Wildman–Crippen LogP) is 3.83. The maximum absolute atomic E-state index is 12.5. The summed E-state index contributed by atoms with van der Waals surface area (Å²) in [7, 11) is 1.72. The average molecular weight is 292 g/mol. The molecule has 96 valence electrons. The summed E-state index contributed by atoms with van der Waals surface area (Å²) < 4.78 is 1.59. The third-order valence-corrected chi connectivity index (χ3v) is 4.21. The lowest BCUT2D eigenvalue weighted by Gasteiger charge is -1.98. The van der Waals surface area contributed by atoms with Crippen LogP contribution in [0.5, 0.6) is 5.88 Å². The van der Waals surface area contributed by atoms with E-state index in [-0.39, 0.29) is 11.7 Å². The number of aryl methyl sites for hydroxylation is 1.